The quantitative estimate of drug-likeness (QED) is 0.228. The molecule has 8 heteroatoms. The molecule has 1 aromatic rings. The molecular formula is C31H49N3O5. The number of hydrogen-bond donors (Lipinski definition) is 0. The van der Waals surface area contributed by atoms with Gasteiger partial charge in [-0.2, -0.15) is 0 Å². The topological polar surface area (TPSA) is 81.7 Å². The van der Waals surface area contributed by atoms with E-state index in [1.54, 1.807) is 7.11 Å². The molecule has 5 rings (SSSR count). The summed E-state index contributed by atoms with van der Waals surface area (Å²) in [5.41, 5.74) is 1.55. The van der Waals surface area contributed by atoms with Crippen LogP contribution in [0.4, 0.5) is 0 Å². The maximum absolute atomic E-state index is 13.1. The Morgan fingerprint density at radius 1 is 1.31 bits per heavy atom. The lowest BCUT2D eigenvalue weighted by molar-refractivity contribution is -0.172. The largest absolute Gasteiger partial charge is 0.460 e. The number of ether oxygens (including phenoxy) is 4. The number of allylic oxidation sites excluding steroid dienone is 1. The molecule has 3 aliphatic heterocycles. The molecule has 0 unspecified atom stereocenters. The Balaban J connectivity index is 1.17. The van der Waals surface area contributed by atoms with Crippen molar-refractivity contribution in [1.82, 2.24) is 14.5 Å². The number of nitrogens with zero attached hydrogens (tertiary/aromatic N) is 3. The molecule has 3 saturated heterocycles. The van der Waals surface area contributed by atoms with Crippen molar-refractivity contribution in [2.75, 3.05) is 27.3 Å². The molecule has 7 atom stereocenters. The molecule has 1 spiro atoms. The predicted molar refractivity (Wildman–Crippen MR) is 150 cm³/mol. The van der Waals surface area contributed by atoms with Gasteiger partial charge in [-0.05, 0) is 72.9 Å². The zero-order valence-electron chi connectivity index (χ0n) is 25.1. The highest BCUT2D eigenvalue weighted by Gasteiger charge is 2.72. The van der Waals surface area contributed by atoms with Gasteiger partial charge in [-0.1, -0.05) is 25.5 Å². The van der Waals surface area contributed by atoms with E-state index in [2.05, 4.69) is 63.4 Å². The van der Waals surface area contributed by atoms with Crippen LogP contribution in [0.25, 0.3) is 0 Å². The molecule has 4 aliphatic rings. The van der Waals surface area contributed by atoms with Crippen LogP contribution in [-0.4, -0.2) is 83.3 Å². The monoisotopic (exact) mass is 543 g/mol. The van der Waals surface area contributed by atoms with E-state index in [-0.39, 0.29) is 46.8 Å². The number of likely N-dealkylation sites (N-methyl/N-ethyl adjacent to an activating group) is 1. The van der Waals surface area contributed by atoms with Gasteiger partial charge in [0.1, 0.15) is 23.4 Å². The Kier molecular flexibility index (Phi) is 8.06. The fourth-order valence-corrected chi connectivity index (χ4v) is 7.10. The van der Waals surface area contributed by atoms with E-state index in [4.69, 9.17) is 23.9 Å². The summed E-state index contributed by atoms with van der Waals surface area (Å²) in [6.45, 7) is 13.6. The van der Waals surface area contributed by atoms with Crippen molar-refractivity contribution in [1.29, 1.82) is 0 Å². The summed E-state index contributed by atoms with van der Waals surface area (Å²) in [7, 11) is 3.92. The van der Waals surface area contributed by atoms with Gasteiger partial charge in [0.25, 0.3) is 0 Å². The van der Waals surface area contributed by atoms with Gasteiger partial charge in [-0.3, -0.25) is 4.79 Å². The first-order chi connectivity index (χ1) is 18.5. The van der Waals surface area contributed by atoms with Gasteiger partial charge in [-0.15, -0.1) is 0 Å². The smallest absolute Gasteiger partial charge is 0.306 e. The molecule has 1 aromatic heterocycles. The Hall–Kier alpha value is -1.74. The molecule has 4 heterocycles. The molecule has 0 N–H and O–H groups in total. The molecule has 0 aromatic carbocycles. The third-order valence-electron chi connectivity index (χ3n) is 9.89. The lowest BCUT2D eigenvalue weighted by atomic mass is 9.68. The number of likely N-dealkylation sites (tertiary alicyclic amines) is 1. The van der Waals surface area contributed by atoms with Crippen molar-refractivity contribution >= 4 is 5.97 Å². The SMILES string of the molecule is CO[C@@H]1[C@H](OC(=O)CCC(C)(C)c2cn(C[C@H]3CCCN3C)cn2)CC[C@]2(CO2)[C@H]1[C@@]1(C)O[C@@H]1CC=C(C)C. The third-order valence-corrected chi connectivity index (χ3v) is 9.89. The van der Waals surface area contributed by atoms with Crippen LogP contribution in [0.5, 0.6) is 0 Å². The fourth-order valence-electron chi connectivity index (χ4n) is 7.10. The van der Waals surface area contributed by atoms with Crippen LogP contribution in [0.2, 0.25) is 0 Å². The molecule has 1 aliphatic carbocycles. The van der Waals surface area contributed by atoms with E-state index in [0.29, 0.717) is 18.9 Å². The summed E-state index contributed by atoms with van der Waals surface area (Å²) in [5.74, 6) is -0.132. The van der Waals surface area contributed by atoms with Gasteiger partial charge in [0.05, 0.1) is 30.7 Å². The van der Waals surface area contributed by atoms with Gasteiger partial charge in [-0.25, -0.2) is 4.98 Å². The number of aromatic nitrogens is 2. The first kappa shape index (κ1) is 28.8. The fraction of sp³-hybridized carbons (Fsp3) is 0.806. The van der Waals surface area contributed by atoms with Crippen molar-refractivity contribution in [3.8, 4) is 0 Å². The number of imidazole rings is 1. The normalized spacial score (nSPS) is 36.2. The zero-order chi connectivity index (χ0) is 28.0. The number of hydrogen-bond acceptors (Lipinski definition) is 7. The average Bonchev–Trinajstić information content (AvgIpc) is 3.66. The predicted octanol–water partition coefficient (Wildman–Crippen LogP) is 4.65. The number of carbonyl (C=O) groups is 1. The zero-order valence-corrected chi connectivity index (χ0v) is 25.1. The number of carbonyl (C=O) groups excluding carboxylic acids is 1. The van der Waals surface area contributed by atoms with E-state index >= 15 is 0 Å². The lowest BCUT2D eigenvalue weighted by Gasteiger charge is -2.42. The van der Waals surface area contributed by atoms with Crippen LogP contribution in [-0.2, 0) is 35.7 Å². The van der Waals surface area contributed by atoms with Crippen LogP contribution < -0.4 is 0 Å². The summed E-state index contributed by atoms with van der Waals surface area (Å²) in [6, 6.07) is 0.573. The molecular weight excluding hydrogens is 494 g/mol. The Morgan fingerprint density at radius 3 is 2.72 bits per heavy atom. The summed E-state index contributed by atoms with van der Waals surface area (Å²) in [6.07, 6.45) is 11.9. The minimum atomic E-state index is -0.331. The second kappa shape index (κ2) is 10.9. The van der Waals surface area contributed by atoms with E-state index in [9.17, 15) is 4.79 Å². The van der Waals surface area contributed by atoms with Gasteiger partial charge in [0.15, 0.2) is 0 Å². The molecule has 8 nitrogen and oxygen atoms in total. The molecule has 218 valence electrons. The maximum atomic E-state index is 13.1. The van der Waals surface area contributed by atoms with E-state index < -0.39 is 0 Å². The van der Waals surface area contributed by atoms with Gasteiger partial charge in [0.2, 0.25) is 0 Å². The first-order valence-electron chi connectivity index (χ1n) is 14.9. The minimum Gasteiger partial charge on any atom is -0.460 e. The molecule has 0 radical (unpaired) electrons. The molecule has 0 amide bonds. The number of rotatable bonds is 11. The molecule has 39 heavy (non-hydrogen) atoms. The van der Waals surface area contributed by atoms with Crippen LogP contribution >= 0.6 is 0 Å². The lowest BCUT2D eigenvalue weighted by Crippen LogP contribution is -2.55. The Labute approximate surface area is 234 Å². The highest BCUT2D eigenvalue weighted by atomic mass is 16.6. The van der Waals surface area contributed by atoms with Crippen molar-refractivity contribution in [3.05, 3.63) is 29.9 Å². The second-order valence-corrected chi connectivity index (χ2v) is 13.5. The maximum Gasteiger partial charge on any atom is 0.306 e. The minimum absolute atomic E-state index is 0.0384. The van der Waals surface area contributed by atoms with Crippen molar-refractivity contribution in [2.24, 2.45) is 5.92 Å². The van der Waals surface area contributed by atoms with Gasteiger partial charge < -0.3 is 28.4 Å². The molecule has 0 bridgehead atoms. The second-order valence-electron chi connectivity index (χ2n) is 13.5. The van der Waals surface area contributed by atoms with Gasteiger partial charge >= 0.3 is 5.97 Å². The Bertz CT molecular complexity index is 1060. The number of epoxide rings is 2. The van der Waals surface area contributed by atoms with E-state index in [1.807, 2.05) is 6.33 Å². The van der Waals surface area contributed by atoms with Crippen LogP contribution in [0.1, 0.15) is 85.3 Å². The van der Waals surface area contributed by atoms with Crippen LogP contribution in [0.3, 0.4) is 0 Å². The number of methoxy groups -OCH3 is 1. The first-order valence-corrected chi connectivity index (χ1v) is 14.9. The van der Waals surface area contributed by atoms with Crippen LogP contribution in [0.15, 0.2) is 24.2 Å². The summed E-state index contributed by atoms with van der Waals surface area (Å²) in [5, 5.41) is 0. The van der Waals surface area contributed by atoms with Crippen molar-refractivity contribution in [3.63, 3.8) is 0 Å². The summed E-state index contributed by atoms with van der Waals surface area (Å²) >= 11 is 0. The van der Waals surface area contributed by atoms with Crippen molar-refractivity contribution in [2.45, 2.75) is 127 Å². The number of esters is 1. The highest BCUT2D eigenvalue weighted by Crippen LogP contribution is 2.59. The summed E-state index contributed by atoms with van der Waals surface area (Å²) in [4.78, 5) is 20.3. The Morgan fingerprint density at radius 2 is 2.08 bits per heavy atom. The average molecular weight is 544 g/mol. The third kappa shape index (κ3) is 5.99. The van der Waals surface area contributed by atoms with Crippen molar-refractivity contribution < 1.29 is 23.7 Å². The molecule has 1 saturated carbocycles. The standard InChI is InChI=1S/C31H49N3O5/c1-21(2)10-11-25-30(5,39-25)28-27(36-7)23(12-15-31(28)19-37-31)38-26(35)13-14-29(3,4)24-18-34(20-32-24)17-22-9-8-16-33(22)6/h10,18,20,22-23,25,27-28H,8-9,11-17,19H2,1-7H3/t22-,23-,25-,27-,28-,30+,31+/m1/s1. The summed E-state index contributed by atoms with van der Waals surface area (Å²) < 4.78 is 26.7. The van der Waals surface area contributed by atoms with Crippen LogP contribution in [0, 0.1) is 5.92 Å². The highest BCUT2D eigenvalue weighted by molar-refractivity contribution is 5.69. The van der Waals surface area contributed by atoms with E-state index in [0.717, 1.165) is 38.1 Å². The molecule has 4 fully saturated rings. The van der Waals surface area contributed by atoms with Gasteiger partial charge in [0, 0.05) is 37.7 Å². The van der Waals surface area contributed by atoms with E-state index in [1.165, 1.54) is 25.0 Å².